The first-order valence-electron chi connectivity index (χ1n) is 10.7. The lowest BCUT2D eigenvalue weighted by Crippen LogP contribution is -2.16. The van der Waals surface area contributed by atoms with E-state index >= 15 is 0 Å². The summed E-state index contributed by atoms with van der Waals surface area (Å²) in [6, 6.07) is 14.7. The van der Waals surface area contributed by atoms with Gasteiger partial charge in [0.15, 0.2) is 5.65 Å². The van der Waals surface area contributed by atoms with Crippen molar-refractivity contribution in [1.29, 1.82) is 0 Å². The molecule has 4 rings (SSSR count). The van der Waals surface area contributed by atoms with Crippen LogP contribution in [0.4, 0.5) is 5.69 Å². The summed E-state index contributed by atoms with van der Waals surface area (Å²) in [6.45, 7) is 5.60. The molecule has 0 atom stereocenters. The van der Waals surface area contributed by atoms with Gasteiger partial charge < -0.3 is 19.3 Å². The minimum absolute atomic E-state index is 0.185. The molecule has 0 saturated heterocycles. The van der Waals surface area contributed by atoms with Crippen molar-refractivity contribution in [2.75, 3.05) is 11.9 Å². The SMILES string of the molecule is CCOc1cccc(C(=O)Nc2cccc(C(=O)OCc3cc(=O)n4oc(C)cc4n3)c2C)c1. The van der Waals surface area contributed by atoms with E-state index in [1.54, 1.807) is 62.4 Å². The summed E-state index contributed by atoms with van der Waals surface area (Å²) in [4.78, 5) is 41.9. The van der Waals surface area contributed by atoms with Crippen LogP contribution in [0.3, 0.4) is 0 Å². The highest BCUT2D eigenvalue weighted by Gasteiger charge is 2.16. The molecule has 0 radical (unpaired) electrons. The Hall–Kier alpha value is -4.40. The molecule has 0 bridgehead atoms. The van der Waals surface area contributed by atoms with E-state index in [0.29, 0.717) is 46.3 Å². The van der Waals surface area contributed by atoms with E-state index in [-0.39, 0.29) is 18.1 Å². The zero-order valence-corrected chi connectivity index (χ0v) is 19.0. The van der Waals surface area contributed by atoms with Crippen molar-refractivity contribution < 1.29 is 23.6 Å². The molecule has 1 N–H and O–H groups in total. The lowest BCUT2D eigenvalue weighted by molar-refractivity contribution is 0.0466. The Kier molecular flexibility index (Phi) is 6.44. The van der Waals surface area contributed by atoms with Gasteiger partial charge in [-0.05, 0) is 56.7 Å². The van der Waals surface area contributed by atoms with Crippen LogP contribution < -0.4 is 15.6 Å². The zero-order valence-electron chi connectivity index (χ0n) is 19.0. The van der Waals surface area contributed by atoms with E-state index in [9.17, 15) is 14.4 Å². The predicted molar refractivity (Wildman–Crippen MR) is 124 cm³/mol. The van der Waals surface area contributed by atoms with Gasteiger partial charge in [0.25, 0.3) is 11.5 Å². The summed E-state index contributed by atoms with van der Waals surface area (Å²) >= 11 is 0. The van der Waals surface area contributed by atoms with Gasteiger partial charge in [0.05, 0.1) is 17.9 Å². The van der Waals surface area contributed by atoms with Crippen molar-refractivity contribution in [3.63, 3.8) is 0 Å². The van der Waals surface area contributed by atoms with E-state index in [2.05, 4.69) is 10.3 Å². The number of ether oxygens (including phenoxy) is 2. The van der Waals surface area contributed by atoms with E-state index in [0.717, 1.165) is 4.57 Å². The Morgan fingerprint density at radius 1 is 1.09 bits per heavy atom. The van der Waals surface area contributed by atoms with Crippen LogP contribution in [-0.2, 0) is 11.3 Å². The maximum Gasteiger partial charge on any atom is 0.338 e. The van der Waals surface area contributed by atoms with Crippen molar-refractivity contribution in [3.8, 4) is 5.75 Å². The summed E-state index contributed by atoms with van der Waals surface area (Å²) in [6.07, 6.45) is 0. The molecule has 0 aliphatic carbocycles. The van der Waals surface area contributed by atoms with Crippen molar-refractivity contribution in [2.24, 2.45) is 0 Å². The van der Waals surface area contributed by atoms with Gasteiger partial charge in [0.2, 0.25) is 0 Å². The highest BCUT2D eigenvalue weighted by Crippen LogP contribution is 2.22. The van der Waals surface area contributed by atoms with Gasteiger partial charge in [0.1, 0.15) is 18.1 Å². The zero-order chi connectivity index (χ0) is 24.2. The molecule has 174 valence electrons. The highest BCUT2D eigenvalue weighted by atomic mass is 16.5. The second-order valence-corrected chi connectivity index (χ2v) is 7.55. The number of hydrogen-bond donors (Lipinski definition) is 1. The van der Waals surface area contributed by atoms with Gasteiger partial charge >= 0.3 is 5.97 Å². The average Bonchev–Trinajstić information content (AvgIpc) is 3.20. The van der Waals surface area contributed by atoms with E-state index in [4.69, 9.17) is 14.0 Å². The van der Waals surface area contributed by atoms with Gasteiger partial charge in [0, 0.05) is 23.4 Å². The smallest absolute Gasteiger partial charge is 0.338 e. The van der Waals surface area contributed by atoms with Crippen LogP contribution >= 0.6 is 0 Å². The summed E-state index contributed by atoms with van der Waals surface area (Å²) in [5.41, 5.74) is 1.99. The lowest BCUT2D eigenvalue weighted by atomic mass is 10.1. The minimum Gasteiger partial charge on any atom is -0.494 e. The Morgan fingerprint density at radius 3 is 2.68 bits per heavy atom. The number of aryl methyl sites for hydroxylation is 1. The lowest BCUT2D eigenvalue weighted by Gasteiger charge is -2.13. The van der Waals surface area contributed by atoms with Gasteiger partial charge in [-0.15, -0.1) is 4.57 Å². The molecule has 1 amide bonds. The molecule has 9 heteroatoms. The van der Waals surface area contributed by atoms with E-state index in [1.807, 2.05) is 6.92 Å². The number of nitrogens with one attached hydrogen (secondary N) is 1. The third kappa shape index (κ3) is 4.83. The first-order chi connectivity index (χ1) is 16.4. The van der Waals surface area contributed by atoms with Gasteiger partial charge in [-0.25, -0.2) is 9.78 Å². The topological polar surface area (TPSA) is 112 Å². The summed E-state index contributed by atoms with van der Waals surface area (Å²) < 4.78 is 17.2. The molecule has 0 aliphatic heterocycles. The first-order valence-corrected chi connectivity index (χ1v) is 10.7. The number of carbonyl (C=O) groups is 2. The molecule has 34 heavy (non-hydrogen) atoms. The van der Waals surface area contributed by atoms with Crippen LogP contribution in [0, 0.1) is 13.8 Å². The molecular weight excluding hydrogens is 438 g/mol. The Balaban J connectivity index is 1.48. The molecular formula is C25H23N3O6. The number of nitrogens with zero attached hydrogens (tertiary/aromatic N) is 2. The monoisotopic (exact) mass is 461 g/mol. The molecule has 9 nitrogen and oxygen atoms in total. The summed E-state index contributed by atoms with van der Waals surface area (Å²) in [5, 5.41) is 2.83. The third-order valence-electron chi connectivity index (χ3n) is 5.08. The maximum atomic E-state index is 12.7. The van der Waals surface area contributed by atoms with Crippen molar-refractivity contribution >= 4 is 23.2 Å². The Morgan fingerprint density at radius 2 is 1.88 bits per heavy atom. The largest absolute Gasteiger partial charge is 0.494 e. The summed E-state index contributed by atoms with van der Waals surface area (Å²) in [5.74, 6) is 0.208. The molecule has 2 heterocycles. The fourth-order valence-electron chi connectivity index (χ4n) is 3.45. The highest BCUT2D eigenvalue weighted by molar-refractivity contribution is 6.05. The van der Waals surface area contributed by atoms with Crippen molar-refractivity contribution in [2.45, 2.75) is 27.4 Å². The second kappa shape index (κ2) is 9.62. The fourth-order valence-corrected chi connectivity index (χ4v) is 3.45. The quantitative estimate of drug-likeness (QED) is 0.415. The number of hydrogen-bond acceptors (Lipinski definition) is 7. The predicted octanol–water partition coefficient (Wildman–Crippen LogP) is 3.91. The van der Waals surface area contributed by atoms with Crippen LogP contribution in [0.2, 0.25) is 0 Å². The van der Waals surface area contributed by atoms with Crippen LogP contribution in [0.25, 0.3) is 5.65 Å². The maximum absolute atomic E-state index is 12.7. The van der Waals surface area contributed by atoms with Crippen LogP contribution in [0.5, 0.6) is 5.75 Å². The number of benzene rings is 2. The molecule has 2 aromatic heterocycles. The van der Waals surface area contributed by atoms with Gasteiger partial charge in [-0.1, -0.05) is 12.1 Å². The van der Waals surface area contributed by atoms with Crippen LogP contribution in [0.1, 0.15) is 44.7 Å². The van der Waals surface area contributed by atoms with E-state index in [1.165, 1.54) is 6.07 Å². The Labute approximate surface area is 194 Å². The standard InChI is InChI=1S/C25H23N3O6/c1-4-32-19-8-5-7-17(12-19)24(30)27-21-10-6-9-20(16(21)3)25(31)33-14-18-13-23(29)28-22(26-18)11-15(2)34-28/h5-13H,4,14H2,1-3H3,(H,27,30). The normalized spacial score (nSPS) is 10.8. The van der Waals surface area contributed by atoms with Crippen molar-refractivity contribution in [3.05, 3.63) is 93.1 Å². The first kappa shape index (κ1) is 22.8. The number of esters is 1. The fraction of sp³-hybridized carbons (Fsp3) is 0.200. The average molecular weight is 461 g/mol. The van der Waals surface area contributed by atoms with Crippen LogP contribution in [-0.4, -0.2) is 28.0 Å². The number of aromatic nitrogens is 2. The molecule has 0 fully saturated rings. The second-order valence-electron chi connectivity index (χ2n) is 7.55. The Bertz CT molecular complexity index is 1440. The number of carbonyl (C=O) groups excluding carboxylic acids is 2. The molecule has 4 aromatic rings. The molecule has 0 spiro atoms. The number of amides is 1. The molecule has 2 aromatic carbocycles. The number of anilines is 1. The van der Waals surface area contributed by atoms with Gasteiger partial charge in [-0.2, -0.15) is 0 Å². The number of rotatable bonds is 7. The van der Waals surface area contributed by atoms with Gasteiger partial charge in [-0.3, -0.25) is 9.59 Å². The van der Waals surface area contributed by atoms with Crippen LogP contribution in [0.15, 0.2) is 63.9 Å². The third-order valence-corrected chi connectivity index (χ3v) is 5.08. The van der Waals surface area contributed by atoms with E-state index < -0.39 is 11.5 Å². The molecule has 0 unspecified atom stereocenters. The molecule has 0 aliphatic rings. The van der Waals surface area contributed by atoms with Crippen molar-refractivity contribution in [1.82, 2.24) is 9.56 Å². The minimum atomic E-state index is -0.600. The number of fused-ring (bicyclic) bond motifs is 1. The summed E-state index contributed by atoms with van der Waals surface area (Å²) in [7, 11) is 0. The molecule has 0 saturated carbocycles.